The van der Waals surface area contributed by atoms with Gasteiger partial charge in [0.05, 0.1) is 10.6 Å². The molecule has 0 saturated heterocycles. The van der Waals surface area contributed by atoms with Crippen LogP contribution >= 0.6 is 11.6 Å². The lowest BCUT2D eigenvalue weighted by molar-refractivity contribution is 0.581. The minimum atomic E-state index is -3.63. The molecule has 0 bridgehead atoms. The quantitative estimate of drug-likeness (QED) is 0.866. The van der Waals surface area contributed by atoms with Crippen LogP contribution in [0.3, 0.4) is 0 Å². The number of nitrogens with zero attached hydrogens (tertiary/aromatic N) is 2. The maximum atomic E-state index is 12.2. The molecule has 1 aromatic heterocycles. The largest absolute Gasteiger partial charge is 0.326 e. The minimum absolute atomic E-state index is 0.117. The second-order valence-corrected chi connectivity index (χ2v) is 6.87. The van der Waals surface area contributed by atoms with Gasteiger partial charge in [-0.05, 0) is 24.6 Å². The molecule has 0 unspecified atom stereocenters. The highest BCUT2D eigenvalue weighted by Gasteiger charge is 2.16. The van der Waals surface area contributed by atoms with E-state index >= 15 is 0 Å². The SMILES string of the molecule is Cc1nn(C)cc1CNS(=O)(=O)c1ccc(CN)c(Cl)c1. The molecular formula is C13H17ClN4O2S. The smallest absolute Gasteiger partial charge is 0.240 e. The molecule has 6 nitrogen and oxygen atoms in total. The Labute approximate surface area is 129 Å². The van der Waals surface area contributed by atoms with Crippen LogP contribution in [0.15, 0.2) is 29.3 Å². The molecule has 0 aliphatic heterocycles. The molecular weight excluding hydrogens is 312 g/mol. The zero-order valence-corrected chi connectivity index (χ0v) is 13.4. The molecule has 0 amide bonds. The van der Waals surface area contributed by atoms with Crippen molar-refractivity contribution in [1.82, 2.24) is 14.5 Å². The Balaban J connectivity index is 2.18. The zero-order chi connectivity index (χ0) is 15.6. The molecule has 0 radical (unpaired) electrons. The molecule has 3 N–H and O–H groups in total. The molecule has 2 rings (SSSR count). The van der Waals surface area contributed by atoms with Gasteiger partial charge < -0.3 is 5.73 Å². The highest BCUT2D eigenvalue weighted by atomic mass is 35.5. The topological polar surface area (TPSA) is 90.0 Å². The van der Waals surface area contributed by atoms with Crippen molar-refractivity contribution in [2.24, 2.45) is 12.8 Å². The second kappa shape index (κ2) is 6.15. The summed E-state index contributed by atoms with van der Waals surface area (Å²) in [4.78, 5) is 0.117. The fraction of sp³-hybridized carbons (Fsp3) is 0.308. The number of nitrogens with one attached hydrogen (secondary N) is 1. The van der Waals surface area contributed by atoms with Crippen molar-refractivity contribution in [2.45, 2.75) is 24.9 Å². The third-order valence-electron chi connectivity index (χ3n) is 3.12. The summed E-state index contributed by atoms with van der Waals surface area (Å²) in [7, 11) is -1.84. The van der Waals surface area contributed by atoms with Crippen LogP contribution in [0.5, 0.6) is 0 Å². The van der Waals surface area contributed by atoms with Crippen LogP contribution in [0.1, 0.15) is 16.8 Å². The van der Waals surface area contributed by atoms with Gasteiger partial charge in [-0.3, -0.25) is 4.68 Å². The number of halogens is 1. The second-order valence-electron chi connectivity index (χ2n) is 4.70. The molecule has 8 heteroatoms. The Hall–Kier alpha value is -1.41. The predicted octanol–water partition coefficient (Wildman–Crippen LogP) is 1.32. The monoisotopic (exact) mass is 328 g/mol. The van der Waals surface area contributed by atoms with Gasteiger partial charge in [0.2, 0.25) is 10.0 Å². The van der Waals surface area contributed by atoms with Gasteiger partial charge in [0.15, 0.2) is 0 Å². The maximum Gasteiger partial charge on any atom is 0.240 e. The van der Waals surface area contributed by atoms with E-state index in [0.29, 0.717) is 10.6 Å². The normalized spacial score (nSPS) is 11.8. The lowest BCUT2D eigenvalue weighted by atomic mass is 10.2. The molecule has 0 aliphatic rings. The maximum absolute atomic E-state index is 12.2. The Morgan fingerprint density at radius 3 is 2.62 bits per heavy atom. The van der Waals surface area contributed by atoms with Crippen LogP contribution in [0.25, 0.3) is 0 Å². The van der Waals surface area contributed by atoms with Crippen LogP contribution in [0.4, 0.5) is 0 Å². The van der Waals surface area contributed by atoms with Gasteiger partial charge in [-0.2, -0.15) is 5.10 Å². The van der Waals surface area contributed by atoms with Gasteiger partial charge in [-0.25, -0.2) is 13.1 Å². The van der Waals surface area contributed by atoms with Crippen LogP contribution in [0, 0.1) is 6.92 Å². The first-order valence-electron chi connectivity index (χ1n) is 6.31. The van der Waals surface area contributed by atoms with E-state index in [1.165, 1.54) is 12.1 Å². The average molecular weight is 329 g/mol. The van der Waals surface area contributed by atoms with Crippen molar-refractivity contribution in [3.63, 3.8) is 0 Å². The third-order valence-corrected chi connectivity index (χ3v) is 4.87. The predicted molar refractivity (Wildman–Crippen MR) is 81.3 cm³/mol. The van der Waals surface area contributed by atoms with Crippen molar-refractivity contribution in [3.05, 3.63) is 46.2 Å². The molecule has 2 aromatic rings. The number of aromatic nitrogens is 2. The van der Waals surface area contributed by atoms with Crippen molar-refractivity contribution in [3.8, 4) is 0 Å². The number of rotatable bonds is 5. The van der Waals surface area contributed by atoms with Gasteiger partial charge >= 0.3 is 0 Å². The number of hydrogen-bond acceptors (Lipinski definition) is 4. The Bertz CT molecular complexity index is 756. The molecule has 1 heterocycles. The summed E-state index contributed by atoms with van der Waals surface area (Å²) in [5, 5.41) is 4.51. The fourth-order valence-corrected chi connectivity index (χ4v) is 3.29. The number of benzene rings is 1. The first kappa shape index (κ1) is 16.0. The summed E-state index contributed by atoms with van der Waals surface area (Å²) in [5.74, 6) is 0. The van der Waals surface area contributed by atoms with E-state index in [4.69, 9.17) is 17.3 Å². The first-order valence-corrected chi connectivity index (χ1v) is 8.17. The van der Waals surface area contributed by atoms with Crippen molar-refractivity contribution in [2.75, 3.05) is 0 Å². The molecule has 0 saturated carbocycles. The first-order chi connectivity index (χ1) is 9.83. The third kappa shape index (κ3) is 3.62. The molecule has 1 aromatic carbocycles. The van der Waals surface area contributed by atoms with Gasteiger partial charge in [0.25, 0.3) is 0 Å². The van der Waals surface area contributed by atoms with Crippen LogP contribution in [-0.4, -0.2) is 18.2 Å². The van der Waals surface area contributed by atoms with Crippen LogP contribution < -0.4 is 10.5 Å². The minimum Gasteiger partial charge on any atom is -0.326 e. The zero-order valence-electron chi connectivity index (χ0n) is 11.8. The summed E-state index contributed by atoms with van der Waals surface area (Å²) >= 11 is 6.00. The number of hydrogen-bond donors (Lipinski definition) is 2. The lowest BCUT2D eigenvalue weighted by Gasteiger charge is -2.08. The van der Waals surface area contributed by atoms with E-state index < -0.39 is 10.0 Å². The van der Waals surface area contributed by atoms with E-state index in [-0.39, 0.29) is 18.0 Å². The molecule has 0 fully saturated rings. The summed E-state index contributed by atoms with van der Waals surface area (Å²) in [5.41, 5.74) is 7.83. The average Bonchev–Trinajstić information content (AvgIpc) is 2.74. The highest BCUT2D eigenvalue weighted by molar-refractivity contribution is 7.89. The standard InChI is InChI=1S/C13H17ClN4O2S/c1-9-11(8-18(2)17-9)7-16-21(19,20)12-4-3-10(6-15)13(14)5-12/h3-5,8,16H,6-7,15H2,1-2H3. The molecule has 114 valence electrons. The lowest BCUT2D eigenvalue weighted by Crippen LogP contribution is -2.23. The Morgan fingerprint density at radius 2 is 2.10 bits per heavy atom. The molecule has 0 spiro atoms. The highest BCUT2D eigenvalue weighted by Crippen LogP contribution is 2.20. The Morgan fingerprint density at radius 1 is 1.38 bits per heavy atom. The summed E-state index contributed by atoms with van der Waals surface area (Å²) < 4.78 is 28.7. The molecule has 21 heavy (non-hydrogen) atoms. The Kier molecular flexibility index (Phi) is 4.67. The number of sulfonamides is 1. The van der Waals surface area contributed by atoms with Crippen molar-refractivity contribution >= 4 is 21.6 Å². The molecule has 0 atom stereocenters. The van der Waals surface area contributed by atoms with E-state index in [0.717, 1.165) is 11.3 Å². The van der Waals surface area contributed by atoms with Gasteiger partial charge in [0, 0.05) is 36.9 Å². The van der Waals surface area contributed by atoms with Gasteiger partial charge in [-0.15, -0.1) is 0 Å². The van der Waals surface area contributed by atoms with E-state index in [2.05, 4.69) is 9.82 Å². The van der Waals surface area contributed by atoms with Crippen molar-refractivity contribution < 1.29 is 8.42 Å². The van der Waals surface area contributed by atoms with Gasteiger partial charge in [-0.1, -0.05) is 17.7 Å². The van der Waals surface area contributed by atoms with Crippen LogP contribution in [0.2, 0.25) is 5.02 Å². The van der Waals surface area contributed by atoms with E-state index in [1.807, 2.05) is 6.92 Å². The fourth-order valence-electron chi connectivity index (χ4n) is 1.94. The van der Waals surface area contributed by atoms with E-state index in [1.54, 1.807) is 24.0 Å². The summed E-state index contributed by atoms with van der Waals surface area (Å²) in [6.45, 7) is 2.27. The van der Waals surface area contributed by atoms with Gasteiger partial charge in [0.1, 0.15) is 0 Å². The van der Waals surface area contributed by atoms with E-state index in [9.17, 15) is 8.42 Å². The summed E-state index contributed by atoms with van der Waals surface area (Å²) in [6, 6.07) is 4.51. The number of nitrogens with two attached hydrogens (primary N) is 1. The van der Waals surface area contributed by atoms with Crippen LogP contribution in [-0.2, 0) is 30.2 Å². The van der Waals surface area contributed by atoms with Crippen molar-refractivity contribution in [1.29, 1.82) is 0 Å². The molecule has 0 aliphatic carbocycles. The number of aryl methyl sites for hydroxylation is 2. The summed E-state index contributed by atoms with van der Waals surface area (Å²) in [6.07, 6.45) is 1.78.